The number of nitro benzene ring substituents is 1. The molecule has 3 heterocycles. The van der Waals surface area contributed by atoms with Gasteiger partial charge in [-0.3, -0.25) is 34.2 Å². The van der Waals surface area contributed by atoms with E-state index >= 15 is 0 Å². The Morgan fingerprint density at radius 2 is 1.76 bits per heavy atom. The van der Waals surface area contributed by atoms with Crippen LogP contribution in [0.1, 0.15) is 15.9 Å². The minimum atomic E-state index is -0.627. The number of carbonyl (C=O) groups excluding carboxylic acids is 4. The van der Waals surface area contributed by atoms with Crippen LogP contribution in [0.2, 0.25) is 0 Å². The van der Waals surface area contributed by atoms with Gasteiger partial charge in [0, 0.05) is 52.1 Å². The maximum absolute atomic E-state index is 13.1. The first-order valence-corrected chi connectivity index (χ1v) is 13.4. The molecule has 210 valence electrons. The number of ketones is 1. The summed E-state index contributed by atoms with van der Waals surface area (Å²) in [5, 5.41) is 13.9. The smallest absolute Gasteiger partial charge is 0.293 e. The lowest BCUT2D eigenvalue weighted by Crippen LogP contribution is -2.33. The van der Waals surface area contributed by atoms with Gasteiger partial charge in [0.1, 0.15) is 6.54 Å². The topological polar surface area (TPSA) is 150 Å². The summed E-state index contributed by atoms with van der Waals surface area (Å²) >= 11 is 0.710. The molecule has 3 amide bonds. The number of hydrogen-bond acceptors (Lipinski definition) is 9. The van der Waals surface area contributed by atoms with Crippen LogP contribution in [0.25, 0.3) is 17.0 Å². The zero-order valence-electron chi connectivity index (χ0n) is 21.6. The predicted molar refractivity (Wildman–Crippen MR) is 153 cm³/mol. The summed E-state index contributed by atoms with van der Waals surface area (Å²) in [7, 11) is 0. The van der Waals surface area contributed by atoms with E-state index in [1.807, 2.05) is 24.3 Å². The van der Waals surface area contributed by atoms with Gasteiger partial charge < -0.3 is 19.4 Å². The Morgan fingerprint density at radius 3 is 2.55 bits per heavy atom. The molecule has 13 heteroatoms. The molecular weight excluding hydrogens is 564 g/mol. The van der Waals surface area contributed by atoms with E-state index in [1.165, 1.54) is 24.3 Å². The number of anilines is 1. The molecule has 1 aromatic heterocycles. The fraction of sp³-hybridized carbons (Fsp3) is 0.103. The standard InChI is InChI=1S/C29H20N4O8S/c34-23(17-5-8-20(9-6-17)33(38)39)14-32-28(36)26(42-29(32)37)11-18-13-31(22-4-2-1-3-21(18)22)15-27(35)30-19-7-10-24-25(12-19)41-16-40-24/h1-13H,14-16H2,(H,30,35)/b26-11-. The lowest BCUT2D eigenvalue weighted by Gasteiger charge is -2.11. The monoisotopic (exact) mass is 584 g/mol. The summed E-state index contributed by atoms with van der Waals surface area (Å²) in [6, 6.07) is 17.4. The Labute approximate surface area is 241 Å². The Balaban J connectivity index is 1.19. The number of fused-ring (bicyclic) bond motifs is 2. The average molecular weight is 585 g/mol. The van der Waals surface area contributed by atoms with Gasteiger partial charge in [0.15, 0.2) is 17.3 Å². The molecule has 0 atom stereocenters. The van der Waals surface area contributed by atoms with E-state index in [1.54, 1.807) is 35.0 Å². The van der Waals surface area contributed by atoms with Crippen LogP contribution in [-0.2, 0) is 16.1 Å². The third-order valence-corrected chi connectivity index (χ3v) is 7.56. The number of imide groups is 1. The molecule has 1 N–H and O–H groups in total. The van der Waals surface area contributed by atoms with Gasteiger partial charge in [-0.2, -0.15) is 0 Å². The molecule has 12 nitrogen and oxygen atoms in total. The third kappa shape index (κ3) is 5.20. The zero-order chi connectivity index (χ0) is 29.4. The molecule has 1 fully saturated rings. The number of nitrogens with zero attached hydrogens (tertiary/aromatic N) is 3. The number of thioether (sulfide) groups is 1. The normalized spacial score (nSPS) is 15.0. The average Bonchev–Trinajstić information content (AvgIpc) is 3.66. The van der Waals surface area contributed by atoms with Crippen LogP contribution >= 0.6 is 11.8 Å². The van der Waals surface area contributed by atoms with Crippen LogP contribution in [0, 0.1) is 10.1 Å². The molecular formula is C29H20N4O8S. The number of benzene rings is 3. The van der Waals surface area contributed by atoms with E-state index in [-0.39, 0.29) is 35.4 Å². The summed E-state index contributed by atoms with van der Waals surface area (Å²) in [5.41, 5.74) is 1.89. The van der Waals surface area contributed by atoms with Crippen LogP contribution in [0.5, 0.6) is 11.5 Å². The van der Waals surface area contributed by atoms with Crippen molar-refractivity contribution < 1.29 is 33.6 Å². The van der Waals surface area contributed by atoms with Crippen molar-refractivity contribution >= 4 is 63.0 Å². The summed E-state index contributed by atoms with van der Waals surface area (Å²) in [5.74, 6) is -0.290. The van der Waals surface area contributed by atoms with Crippen LogP contribution in [0.4, 0.5) is 16.2 Å². The summed E-state index contributed by atoms with van der Waals surface area (Å²) in [4.78, 5) is 62.6. The molecule has 0 aliphatic carbocycles. The van der Waals surface area contributed by atoms with Crippen molar-refractivity contribution in [2.75, 3.05) is 18.7 Å². The van der Waals surface area contributed by atoms with E-state index in [0.717, 1.165) is 15.8 Å². The number of nitrogens with one attached hydrogen (secondary N) is 1. The lowest BCUT2D eigenvalue weighted by atomic mass is 10.1. The highest BCUT2D eigenvalue weighted by Crippen LogP contribution is 2.35. The maximum atomic E-state index is 13.1. The van der Waals surface area contributed by atoms with E-state index < -0.39 is 28.4 Å². The predicted octanol–water partition coefficient (Wildman–Crippen LogP) is 4.84. The number of para-hydroxylation sites is 1. The van der Waals surface area contributed by atoms with Crippen molar-refractivity contribution in [3.05, 3.63) is 99.1 Å². The molecule has 2 aliphatic heterocycles. The molecule has 42 heavy (non-hydrogen) atoms. The van der Waals surface area contributed by atoms with Crippen molar-refractivity contribution in [3.63, 3.8) is 0 Å². The van der Waals surface area contributed by atoms with E-state index in [9.17, 15) is 29.3 Å². The van der Waals surface area contributed by atoms with Crippen LogP contribution in [-0.4, -0.2) is 50.6 Å². The molecule has 0 saturated carbocycles. The number of amides is 3. The first-order valence-electron chi connectivity index (χ1n) is 12.6. The molecule has 1 saturated heterocycles. The Kier molecular flexibility index (Phi) is 6.92. The zero-order valence-corrected chi connectivity index (χ0v) is 22.5. The van der Waals surface area contributed by atoms with E-state index in [2.05, 4.69) is 5.32 Å². The molecule has 2 aliphatic rings. The number of rotatable bonds is 8. The highest BCUT2D eigenvalue weighted by molar-refractivity contribution is 8.18. The number of hydrogen-bond donors (Lipinski definition) is 1. The van der Waals surface area contributed by atoms with Gasteiger partial charge in [0.2, 0.25) is 12.7 Å². The van der Waals surface area contributed by atoms with Gasteiger partial charge in [0.25, 0.3) is 16.8 Å². The SMILES string of the molecule is O=C(Cn1cc(/C=C2\SC(=O)N(CC(=O)c3ccc([N+](=O)[O-])cc3)C2=O)c2ccccc21)Nc1ccc2c(c1)OCO2. The van der Waals surface area contributed by atoms with Gasteiger partial charge in [-0.05, 0) is 48.2 Å². The van der Waals surface area contributed by atoms with E-state index in [0.29, 0.717) is 34.5 Å². The molecule has 0 unspecified atom stereocenters. The van der Waals surface area contributed by atoms with Crippen molar-refractivity contribution in [3.8, 4) is 11.5 Å². The van der Waals surface area contributed by atoms with Crippen LogP contribution in [0.15, 0.2) is 77.8 Å². The van der Waals surface area contributed by atoms with Crippen molar-refractivity contribution in [1.82, 2.24) is 9.47 Å². The minimum Gasteiger partial charge on any atom is -0.454 e. The number of carbonyl (C=O) groups is 4. The fourth-order valence-corrected chi connectivity index (χ4v) is 5.46. The largest absolute Gasteiger partial charge is 0.454 e. The maximum Gasteiger partial charge on any atom is 0.293 e. The molecule has 0 spiro atoms. The molecule has 0 bridgehead atoms. The molecule has 3 aromatic carbocycles. The Hall–Kier alpha value is -5.43. The van der Waals surface area contributed by atoms with Gasteiger partial charge in [-0.25, -0.2) is 0 Å². The Bertz CT molecular complexity index is 1830. The van der Waals surface area contributed by atoms with E-state index in [4.69, 9.17) is 9.47 Å². The van der Waals surface area contributed by atoms with Crippen molar-refractivity contribution in [2.45, 2.75) is 6.54 Å². The fourth-order valence-electron chi connectivity index (χ4n) is 4.63. The molecule has 4 aromatic rings. The number of non-ortho nitro benzene ring substituents is 1. The number of Topliss-reactive ketones (excluding diaryl/α,β-unsaturated/α-hetero) is 1. The number of ether oxygens (including phenoxy) is 2. The summed E-state index contributed by atoms with van der Waals surface area (Å²) < 4.78 is 12.4. The highest BCUT2D eigenvalue weighted by Gasteiger charge is 2.36. The minimum absolute atomic E-state index is 0.0198. The first-order chi connectivity index (χ1) is 20.3. The summed E-state index contributed by atoms with van der Waals surface area (Å²) in [6.07, 6.45) is 3.29. The second kappa shape index (κ2) is 10.9. The van der Waals surface area contributed by atoms with Crippen LogP contribution < -0.4 is 14.8 Å². The highest BCUT2D eigenvalue weighted by atomic mass is 32.2. The van der Waals surface area contributed by atoms with Crippen LogP contribution in [0.3, 0.4) is 0 Å². The molecule has 0 radical (unpaired) electrons. The second-order valence-corrected chi connectivity index (χ2v) is 10.3. The van der Waals surface area contributed by atoms with Gasteiger partial charge >= 0.3 is 0 Å². The van der Waals surface area contributed by atoms with Gasteiger partial charge in [-0.15, -0.1) is 0 Å². The third-order valence-electron chi connectivity index (χ3n) is 6.65. The second-order valence-electron chi connectivity index (χ2n) is 9.34. The van der Waals surface area contributed by atoms with Crippen molar-refractivity contribution in [2.24, 2.45) is 0 Å². The quantitative estimate of drug-likeness (QED) is 0.133. The number of nitro groups is 1. The Morgan fingerprint density at radius 1 is 1.00 bits per heavy atom. The van der Waals surface area contributed by atoms with Crippen molar-refractivity contribution in [1.29, 1.82) is 0 Å². The lowest BCUT2D eigenvalue weighted by molar-refractivity contribution is -0.384. The number of aromatic nitrogens is 1. The van der Waals surface area contributed by atoms with Gasteiger partial charge in [-0.1, -0.05) is 18.2 Å². The first kappa shape index (κ1) is 26.8. The van der Waals surface area contributed by atoms with Gasteiger partial charge in [0.05, 0.1) is 16.4 Å². The molecule has 6 rings (SSSR count). The summed E-state index contributed by atoms with van der Waals surface area (Å²) in [6.45, 7) is -0.393.